The molecule has 2 heteroatoms. The minimum atomic E-state index is 0.0150. The molecule has 2 saturated heterocycles. The van der Waals surface area contributed by atoms with Gasteiger partial charge in [0.05, 0.1) is 25.2 Å². The van der Waals surface area contributed by atoms with Crippen LogP contribution in [0, 0.1) is 0 Å². The van der Waals surface area contributed by atoms with Gasteiger partial charge in [-0.05, 0) is 0 Å². The maximum Gasteiger partial charge on any atom is 0.0902 e. The Morgan fingerprint density at radius 1 is 1.20 bits per heavy atom. The Morgan fingerprint density at radius 3 is 2.20 bits per heavy atom. The third kappa shape index (κ3) is 0.867. The lowest BCUT2D eigenvalue weighted by atomic mass is 10.0. The van der Waals surface area contributed by atoms with Gasteiger partial charge in [-0.3, -0.25) is 0 Å². The van der Waals surface area contributed by atoms with Gasteiger partial charge < -0.3 is 10.0 Å². The van der Waals surface area contributed by atoms with Crippen LogP contribution in [0.15, 0.2) is 0 Å². The molecule has 2 atom stereocenters. The van der Waals surface area contributed by atoms with E-state index in [4.69, 9.17) is 0 Å². The molecular formula is C8H16NO+. The summed E-state index contributed by atoms with van der Waals surface area (Å²) in [7, 11) is 2.27. The monoisotopic (exact) mass is 142 g/mol. The number of rotatable bonds is 0. The van der Waals surface area contributed by atoms with Crippen molar-refractivity contribution in [1.29, 1.82) is 0 Å². The summed E-state index contributed by atoms with van der Waals surface area (Å²) in [5, 5.41) is 9.39. The predicted molar refractivity (Wildman–Crippen MR) is 38.9 cm³/mol. The highest BCUT2D eigenvalue weighted by molar-refractivity contribution is 4.81. The zero-order valence-corrected chi connectivity index (χ0v) is 6.51. The van der Waals surface area contributed by atoms with Crippen LogP contribution in [0.25, 0.3) is 0 Å². The van der Waals surface area contributed by atoms with Gasteiger partial charge in [0.25, 0.3) is 0 Å². The number of piperidine rings is 1. The summed E-state index contributed by atoms with van der Waals surface area (Å²) in [4.78, 5) is 1.67. The fourth-order valence-corrected chi connectivity index (χ4v) is 2.55. The van der Waals surface area contributed by atoms with Gasteiger partial charge in [-0.1, -0.05) is 0 Å². The van der Waals surface area contributed by atoms with Crippen molar-refractivity contribution in [2.45, 2.75) is 43.9 Å². The highest BCUT2D eigenvalue weighted by Crippen LogP contribution is 2.21. The maximum atomic E-state index is 9.39. The molecule has 2 heterocycles. The molecule has 0 aromatic heterocycles. The molecule has 2 nitrogen and oxygen atoms in total. The average Bonchev–Trinajstić information content (AvgIpc) is 2.20. The van der Waals surface area contributed by atoms with E-state index in [9.17, 15) is 5.11 Å². The Labute approximate surface area is 61.8 Å². The number of nitrogens with one attached hydrogen (secondary N) is 1. The first-order chi connectivity index (χ1) is 4.77. The Bertz CT molecular complexity index is 123. The van der Waals surface area contributed by atoms with Crippen molar-refractivity contribution < 1.29 is 10.0 Å². The molecule has 2 fully saturated rings. The number of aliphatic hydroxyl groups excluding tert-OH is 1. The van der Waals surface area contributed by atoms with Crippen LogP contribution in [0.1, 0.15) is 25.7 Å². The van der Waals surface area contributed by atoms with Gasteiger partial charge in [-0.15, -0.1) is 0 Å². The van der Waals surface area contributed by atoms with Crippen LogP contribution in [0.5, 0.6) is 0 Å². The predicted octanol–water partition coefficient (Wildman–Crippen LogP) is -0.813. The quantitative estimate of drug-likeness (QED) is 0.454. The molecule has 0 aromatic carbocycles. The number of fused-ring (bicyclic) bond motifs is 2. The van der Waals surface area contributed by atoms with Crippen molar-refractivity contribution in [3.05, 3.63) is 0 Å². The first-order valence-corrected chi connectivity index (χ1v) is 4.29. The summed E-state index contributed by atoms with van der Waals surface area (Å²) in [5.74, 6) is 0. The summed E-state index contributed by atoms with van der Waals surface area (Å²) < 4.78 is 0. The molecule has 0 saturated carbocycles. The van der Waals surface area contributed by atoms with Crippen LogP contribution in [0.4, 0.5) is 0 Å². The number of hydrogen-bond donors (Lipinski definition) is 2. The van der Waals surface area contributed by atoms with Gasteiger partial charge in [0.15, 0.2) is 0 Å². The molecule has 0 aromatic rings. The van der Waals surface area contributed by atoms with Crippen LogP contribution >= 0.6 is 0 Å². The molecule has 0 amide bonds. The number of hydrogen-bond acceptors (Lipinski definition) is 1. The van der Waals surface area contributed by atoms with Crippen molar-refractivity contribution >= 4 is 0 Å². The van der Waals surface area contributed by atoms with E-state index in [1.165, 1.54) is 12.8 Å². The van der Waals surface area contributed by atoms with E-state index in [1.807, 2.05) is 0 Å². The van der Waals surface area contributed by atoms with E-state index in [-0.39, 0.29) is 6.10 Å². The lowest BCUT2D eigenvalue weighted by Gasteiger charge is -2.30. The Kier molecular flexibility index (Phi) is 1.46. The maximum absolute atomic E-state index is 9.39. The summed E-state index contributed by atoms with van der Waals surface area (Å²) in [6, 6.07) is 1.54. The normalized spacial score (nSPS) is 53.4. The van der Waals surface area contributed by atoms with Crippen molar-refractivity contribution in [1.82, 2.24) is 0 Å². The van der Waals surface area contributed by atoms with E-state index in [0.717, 1.165) is 24.9 Å². The van der Waals surface area contributed by atoms with E-state index in [1.54, 1.807) is 4.90 Å². The average molecular weight is 142 g/mol. The number of aliphatic hydroxyl groups is 1. The van der Waals surface area contributed by atoms with Crippen LogP contribution in [0.2, 0.25) is 0 Å². The molecule has 58 valence electrons. The van der Waals surface area contributed by atoms with Crippen molar-refractivity contribution in [2.75, 3.05) is 7.05 Å². The molecule has 2 N–H and O–H groups in total. The van der Waals surface area contributed by atoms with Gasteiger partial charge in [0.2, 0.25) is 0 Å². The zero-order valence-electron chi connectivity index (χ0n) is 6.51. The molecule has 0 radical (unpaired) electrons. The van der Waals surface area contributed by atoms with Gasteiger partial charge in [0.1, 0.15) is 0 Å². The highest BCUT2D eigenvalue weighted by Gasteiger charge is 2.41. The minimum Gasteiger partial charge on any atom is -0.393 e. The Morgan fingerprint density at radius 2 is 1.70 bits per heavy atom. The SMILES string of the molecule is C[NH+]1C2CCC1CC(O)C2. The molecule has 2 rings (SSSR count). The molecule has 2 unspecified atom stereocenters. The van der Waals surface area contributed by atoms with E-state index in [2.05, 4.69) is 7.05 Å². The van der Waals surface area contributed by atoms with Gasteiger partial charge >= 0.3 is 0 Å². The van der Waals surface area contributed by atoms with Crippen LogP contribution in [0.3, 0.4) is 0 Å². The fraction of sp³-hybridized carbons (Fsp3) is 1.00. The summed E-state index contributed by atoms with van der Waals surface area (Å²) in [6.45, 7) is 0. The third-order valence-corrected chi connectivity index (χ3v) is 3.26. The molecule has 2 bridgehead atoms. The third-order valence-electron chi connectivity index (χ3n) is 3.26. The van der Waals surface area contributed by atoms with Crippen molar-refractivity contribution in [3.8, 4) is 0 Å². The standard InChI is InChI=1S/C8H15NO/c1-9-6-2-3-7(9)5-8(10)4-6/h6-8,10H,2-5H2,1H3/p+1. The zero-order chi connectivity index (χ0) is 7.14. The summed E-state index contributed by atoms with van der Waals surface area (Å²) in [5.41, 5.74) is 0. The van der Waals surface area contributed by atoms with Crippen LogP contribution in [-0.4, -0.2) is 30.3 Å². The fourth-order valence-electron chi connectivity index (χ4n) is 2.55. The van der Waals surface area contributed by atoms with Crippen LogP contribution < -0.4 is 4.90 Å². The van der Waals surface area contributed by atoms with E-state index < -0.39 is 0 Å². The molecule has 10 heavy (non-hydrogen) atoms. The topological polar surface area (TPSA) is 24.7 Å². The molecule has 0 aliphatic carbocycles. The lowest BCUT2D eigenvalue weighted by Crippen LogP contribution is -3.15. The lowest BCUT2D eigenvalue weighted by molar-refractivity contribution is -0.923. The summed E-state index contributed by atoms with van der Waals surface area (Å²) >= 11 is 0. The molecule has 2 aliphatic rings. The molecule has 2 aliphatic heterocycles. The van der Waals surface area contributed by atoms with Gasteiger partial charge in [-0.2, -0.15) is 0 Å². The van der Waals surface area contributed by atoms with Crippen molar-refractivity contribution in [3.63, 3.8) is 0 Å². The highest BCUT2D eigenvalue weighted by atomic mass is 16.3. The van der Waals surface area contributed by atoms with Crippen molar-refractivity contribution in [2.24, 2.45) is 0 Å². The smallest absolute Gasteiger partial charge is 0.0902 e. The molecular weight excluding hydrogens is 126 g/mol. The van der Waals surface area contributed by atoms with E-state index in [0.29, 0.717) is 0 Å². The summed E-state index contributed by atoms with van der Waals surface area (Å²) in [6.07, 6.45) is 4.78. The first kappa shape index (κ1) is 6.62. The second-order valence-electron chi connectivity index (χ2n) is 3.84. The van der Waals surface area contributed by atoms with E-state index >= 15 is 0 Å². The van der Waals surface area contributed by atoms with Gasteiger partial charge in [-0.25, -0.2) is 0 Å². The molecule has 0 spiro atoms. The largest absolute Gasteiger partial charge is 0.393 e. The van der Waals surface area contributed by atoms with Gasteiger partial charge in [0, 0.05) is 25.7 Å². The first-order valence-electron chi connectivity index (χ1n) is 4.29. The second-order valence-corrected chi connectivity index (χ2v) is 3.84. The minimum absolute atomic E-state index is 0.0150. The second kappa shape index (κ2) is 2.21. The Balaban J connectivity index is 2.09. The number of quaternary nitrogens is 1. The Hall–Kier alpha value is -0.0800. The van der Waals surface area contributed by atoms with Crippen LogP contribution in [-0.2, 0) is 0 Å².